The molecule has 0 bridgehead atoms. The van der Waals surface area contributed by atoms with Crippen LogP contribution in [0.4, 0.5) is 0 Å². The lowest BCUT2D eigenvalue weighted by molar-refractivity contribution is 0.0512. The second-order valence-corrected chi connectivity index (χ2v) is 6.96. The SMILES string of the molecule is COCC1(CNC(=O)c2cnn(-c3cccc(Cl)c3)c2)CCNCC1.Cl. The lowest BCUT2D eigenvalue weighted by Gasteiger charge is -2.37. The largest absolute Gasteiger partial charge is 0.384 e. The van der Waals surface area contributed by atoms with Gasteiger partial charge in [0.05, 0.1) is 24.1 Å². The maximum absolute atomic E-state index is 12.5. The Morgan fingerprint density at radius 3 is 2.88 bits per heavy atom. The molecule has 0 radical (unpaired) electrons. The van der Waals surface area contributed by atoms with Crippen LogP contribution in [0.25, 0.3) is 5.69 Å². The van der Waals surface area contributed by atoms with E-state index in [1.54, 1.807) is 36.3 Å². The minimum absolute atomic E-state index is 0. The molecule has 6 nitrogen and oxygen atoms in total. The second kappa shape index (κ2) is 9.37. The van der Waals surface area contributed by atoms with E-state index in [-0.39, 0.29) is 23.7 Å². The molecule has 2 aromatic rings. The van der Waals surface area contributed by atoms with Crippen molar-refractivity contribution in [2.24, 2.45) is 5.41 Å². The first kappa shape index (κ1) is 20.7. The molecular weight excluding hydrogens is 375 g/mol. The van der Waals surface area contributed by atoms with Crippen LogP contribution < -0.4 is 10.6 Å². The maximum Gasteiger partial charge on any atom is 0.254 e. The van der Waals surface area contributed by atoms with E-state index in [4.69, 9.17) is 16.3 Å². The summed E-state index contributed by atoms with van der Waals surface area (Å²) in [6.07, 6.45) is 5.26. The highest BCUT2D eigenvalue weighted by atomic mass is 35.5. The van der Waals surface area contributed by atoms with Crippen molar-refractivity contribution in [3.05, 3.63) is 47.2 Å². The molecule has 1 fully saturated rings. The van der Waals surface area contributed by atoms with Gasteiger partial charge in [-0.3, -0.25) is 4.79 Å². The minimum atomic E-state index is -0.123. The molecule has 0 unspecified atom stereocenters. The van der Waals surface area contributed by atoms with Gasteiger partial charge < -0.3 is 15.4 Å². The molecule has 1 aromatic heterocycles. The number of methoxy groups -OCH3 is 1. The van der Waals surface area contributed by atoms with Gasteiger partial charge in [-0.25, -0.2) is 4.68 Å². The Morgan fingerprint density at radius 1 is 1.42 bits per heavy atom. The first-order valence-corrected chi connectivity index (χ1v) is 8.78. The number of hydrogen-bond donors (Lipinski definition) is 2. The second-order valence-electron chi connectivity index (χ2n) is 6.52. The van der Waals surface area contributed by atoms with Crippen LogP contribution in [0.15, 0.2) is 36.7 Å². The standard InChI is InChI=1S/C18H23ClN4O2.ClH/c1-25-13-18(5-7-20-8-6-18)12-21-17(24)14-10-22-23(11-14)16-4-2-3-15(19)9-16;/h2-4,9-11,20H,5-8,12-13H2,1H3,(H,21,24);1H. The van der Waals surface area contributed by atoms with Crippen molar-refractivity contribution in [2.75, 3.05) is 33.4 Å². The molecule has 1 aliphatic rings. The van der Waals surface area contributed by atoms with E-state index < -0.39 is 0 Å². The molecule has 0 atom stereocenters. The summed E-state index contributed by atoms with van der Waals surface area (Å²) in [5.74, 6) is -0.123. The Morgan fingerprint density at radius 2 is 2.19 bits per heavy atom. The van der Waals surface area contributed by atoms with Gasteiger partial charge in [0.1, 0.15) is 0 Å². The number of benzene rings is 1. The summed E-state index contributed by atoms with van der Waals surface area (Å²) < 4.78 is 7.04. The van der Waals surface area contributed by atoms with Crippen molar-refractivity contribution in [1.29, 1.82) is 0 Å². The summed E-state index contributed by atoms with van der Waals surface area (Å²) >= 11 is 6.01. The zero-order valence-electron chi connectivity index (χ0n) is 14.7. The van der Waals surface area contributed by atoms with E-state index in [2.05, 4.69) is 15.7 Å². The van der Waals surface area contributed by atoms with Crippen molar-refractivity contribution in [3.8, 4) is 5.69 Å². The number of nitrogens with zero attached hydrogens (tertiary/aromatic N) is 2. The van der Waals surface area contributed by atoms with Gasteiger partial charge in [-0.1, -0.05) is 17.7 Å². The van der Waals surface area contributed by atoms with Crippen LogP contribution in [0.2, 0.25) is 5.02 Å². The van der Waals surface area contributed by atoms with E-state index in [9.17, 15) is 4.79 Å². The summed E-state index contributed by atoms with van der Waals surface area (Å²) in [7, 11) is 1.71. The van der Waals surface area contributed by atoms with Crippen LogP contribution in [-0.2, 0) is 4.74 Å². The van der Waals surface area contributed by atoms with Crippen LogP contribution in [0, 0.1) is 5.41 Å². The van der Waals surface area contributed by atoms with E-state index in [1.165, 1.54) is 0 Å². The van der Waals surface area contributed by atoms with E-state index in [1.807, 2.05) is 12.1 Å². The van der Waals surface area contributed by atoms with Gasteiger partial charge in [-0.2, -0.15) is 5.10 Å². The number of rotatable bonds is 6. The van der Waals surface area contributed by atoms with Gasteiger partial charge >= 0.3 is 0 Å². The number of amides is 1. The molecule has 1 saturated heterocycles. The van der Waals surface area contributed by atoms with Gasteiger partial charge in [-0.15, -0.1) is 12.4 Å². The van der Waals surface area contributed by atoms with Gasteiger partial charge in [0.25, 0.3) is 5.91 Å². The van der Waals surface area contributed by atoms with Crippen molar-refractivity contribution in [2.45, 2.75) is 12.8 Å². The van der Waals surface area contributed by atoms with Gasteiger partial charge in [0, 0.05) is 30.3 Å². The predicted molar refractivity (Wildman–Crippen MR) is 105 cm³/mol. The number of hydrogen-bond acceptors (Lipinski definition) is 4. The monoisotopic (exact) mass is 398 g/mol. The molecule has 2 N–H and O–H groups in total. The highest BCUT2D eigenvalue weighted by Crippen LogP contribution is 2.28. The van der Waals surface area contributed by atoms with Crippen LogP contribution in [0.1, 0.15) is 23.2 Å². The quantitative estimate of drug-likeness (QED) is 0.784. The van der Waals surface area contributed by atoms with Crippen molar-refractivity contribution in [3.63, 3.8) is 0 Å². The first-order valence-electron chi connectivity index (χ1n) is 8.40. The van der Waals surface area contributed by atoms with Gasteiger partial charge in [-0.05, 0) is 44.1 Å². The number of nitrogens with one attached hydrogen (secondary N) is 2. The average Bonchev–Trinajstić information content (AvgIpc) is 3.11. The number of carbonyl (C=O) groups is 1. The maximum atomic E-state index is 12.5. The molecular formula is C18H24Cl2N4O2. The van der Waals surface area contributed by atoms with Crippen LogP contribution in [0.3, 0.4) is 0 Å². The Hall–Kier alpha value is -1.60. The summed E-state index contributed by atoms with van der Waals surface area (Å²) in [4.78, 5) is 12.5. The van der Waals surface area contributed by atoms with Crippen LogP contribution in [-0.4, -0.2) is 49.0 Å². The third-order valence-corrected chi connectivity index (χ3v) is 4.89. The fourth-order valence-electron chi connectivity index (χ4n) is 3.21. The third kappa shape index (κ3) is 4.98. The summed E-state index contributed by atoms with van der Waals surface area (Å²) in [6.45, 7) is 3.15. The molecule has 1 aliphatic heterocycles. The molecule has 0 saturated carbocycles. The molecule has 8 heteroatoms. The zero-order valence-corrected chi connectivity index (χ0v) is 16.3. The summed E-state index contributed by atoms with van der Waals surface area (Å²) in [6, 6.07) is 7.35. The van der Waals surface area contributed by atoms with E-state index in [0.717, 1.165) is 31.6 Å². The molecule has 0 spiro atoms. The van der Waals surface area contributed by atoms with Gasteiger partial charge in [0.15, 0.2) is 0 Å². The number of ether oxygens (including phenoxy) is 1. The van der Waals surface area contributed by atoms with Crippen LogP contribution in [0.5, 0.6) is 0 Å². The van der Waals surface area contributed by atoms with Crippen molar-refractivity contribution < 1.29 is 9.53 Å². The normalized spacial score (nSPS) is 15.9. The van der Waals surface area contributed by atoms with Crippen LogP contribution >= 0.6 is 24.0 Å². The fourth-order valence-corrected chi connectivity index (χ4v) is 3.39. The Kier molecular flexibility index (Phi) is 7.46. The first-order chi connectivity index (χ1) is 12.1. The lowest BCUT2D eigenvalue weighted by atomic mass is 9.79. The average molecular weight is 399 g/mol. The fraction of sp³-hybridized carbons (Fsp3) is 0.444. The molecule has 26 heavy (non-hydrogen) atoms. The topological polar surface area (TPSA) is 68.2 Å². The Bertz CT molecular complexity index is 724. The lowest BCUT2D eigenvalue weighted by Crippen LogP contribution is -2.47. The van der Waals surface area contributed by atoms with Gasteiger partial charge in [0.2, 0.25) is 0 Å². The molecule has 1 aromatic carbocycles. The molecule has 2 heterocycles. The number of carbonyl (C=O) groups excluding carboxylic acids is 1. The van der Waals surface area contributed by atoms with E-state index >= 15 is 0 Å². The highest BCUT2D eigenvalue weighted by molar-refractivity contribution is 6.30. The number of halogens is 2. The number of aromatic nitrogens is 2. The van der Waals surface area contributed by atoms with Crippen molar-refractivity contribution in [1.82, 2.24) is 20.4 Å². The minimum Gasteiger partial charge on any atom is -0.384 e. The smallest absolute Gasteiger partial charge is 0.254 e. The molecule has 142 valence electrons. The molecule has 0 aliphatic carbocycles. The zero-order chi connectivity index (χ0) is 17.7. The third-order valence-electron chi connectivity index (χ3n) is 4.66. The predicted octanol–water partition coefficient (Wildman–Crippen LogP) is 2.69. The summed E-state index contributed by atoms with van der Waals surface area (Å²) in [5.41, 5.74) is 1.35. The highest BCUT2D eigenvalue weighted by Gasteiger charge is 2.32. The van der Waals surface area contributed by atoms with E-state index in [0.29, 0.717) is 23.7 Å². The number of piperidine rings is 1. The summed E-state index contributed by atoms with van der Waals surface area (Å²) in [5, 5.41) is 11.3. The molecule has 3 rings (SSSR count). The van der Waals surface area contributed by atoms with Crippen molar-refractivity contribution >= 4 is 29.9 Å². The Balaban J connectivity index is 0.00000243. The molecule has 1 amide bonds. The Labute approximate surface area is 164 Å².